The van der Waals surface area contributed by atoms with Gasteiger partial charge in [0.25, 0.3) is 5.71 Å². The number of esters is 1. The van der Waals surface area contributed by atoms with Gasteiger partial charge in [0.05, 0.1) is 27.2 Å². The summed E-state index contributed by atoms with van der Waals surface area (Å²) < 4.78 is 16.4. The van der Waals surface area contributed by atoms with E-state index in [0.717, 1.165) is 29.5 Å². The Kier molecular flexibility index (Phi) is 4.62. The van der Waals surface area contributed by atoms with Gasteiger partial charge in [-0.25, -0.2) is 14.6 Å². The Morgan fingerprint density at radius 2 is 2.03 bits per heavy atom. The number of carbonyl (C=O) groups excluding carboxylic acids is 1. The first-order chi connectivity index (χ1) is 16.1. The summed E-state index contributed by atoms with van der Waals surface area (Å²) in [6.45, 7) is 1.70. The third-order valence-corrected chi connectivity index (χ3v) is 6.90. The second-order valence-electron chi connectivity index (χ2n) is 8.12. The Hall–Kier alpha value is -3.78. The molecule has 0 saturated carbocycles. The summed E-state index contributed by atoms with van der Waals surface area (Å²) in [5.41, 5.74) is 4.93. The summed E-state index contributed by atoms with van der Waals surface area (Å²) in [5, 5.41) is 7.23. The molecule has 6 rings (SSSR count). The number of thiophene rings is 1. The number of carbonyl (C=O) groups is 1. The fourth-order valence-corrected chi connectivity index (χ4v) is 5.13. The minimum absolute atomic E-state index is 0.0534. The van der Waals surface area contributed by atoms with Gasteiger partial charge in [0.2, 0.25) is 0 Å². The van der Waals surface area contributed by atoms with Gasteiger partial charge in [-0.1, -0.05) is 11.2 Å². The highest BCUT2D eigenvalue weighted by atomic mass is 32.1. The van der Waals surface area contributed by atoms with Crippen molar-refractivity contribution in [2.45, 2.75) is 32.8 Å². The molecule has 0 fully saturated rings. The Balaban J connectivity index is 1.37. The summed E-state index contributed by atoms with van der Waals surface area (Å²) in [5.74, 6) is -0.533. The molecule has 1 aromatic carbocycles. The van der Waals surface area contributed by atoms with Crippen LogP contribution in [0, 0.1) is 6.92 Å². The van der Waals surface area contributed by atoms with Gasteiger partial charge in [-0.15, -0.1) is 11.3 Å². The highest BCUT2D eigenvalue weighted by Gasteiger charge is 2.22. The molecule has 0 saturated heterocycles. The van der Waals surface area contributed by atoms with E-state index in [1.165, 1.54) is 28.5 Å². The van der Waals surface area contributed by atoms with Gasteiger partial charge in [0.15, 0.2) is 0 Å². The predicted molar refractivity (Wildman–Crippen MR) is 123 cm³/mol. The number of hydrogen-bond acceptors (Lipinski definition) is 8. The molecule has 8 heteroatoms. The standard InChI is InChI=1S/C25H18N2O5S/c1-13-23-18(11-19(21-6-3-7-33-21)26-24(23)32-27-13)25(29)30-12-16-10-22(28)31-20-9-15-5-2-4-14(15)8-17(16)20/h3,6-11H,2,4-5,12H2,1H3. The molecule has 0 spiro atoms. The molecular weight excluding hydrogens is 440 g/mol. The zero-order valence-corrected chi connectivity index (χ0v) is 18.5. The van der Waals surface area contributed by atoms with E-state index < -0.39 is 11.6 Å². The zero-order chi connectivity index (χ0) is 22.5. The van der Waals surface area contributed by atoms with Gasteiger partial charge in [0.1, 0.15) is 12.2 Å². The highest BCUT2D eigenvalue weighted by molar-refractivity contribution is 7.13. The Labute approximate surface area is 191 Å². The fourth-order valence-electron chi connectivity index (χ4n) is 4.44. The Bertz CT molecular complexity index is 1600. The SMILES string of the molecule is Cc1noc2nc(-c3cccs3)cc(C(=O)OCc3cc(=O)oc4cc5c(cc34)CCC5)c12. The van der Waals surface area contributed by atoms with E-state index in [9.17, 15) is 9.59 Å². The lowest BCUT2D eigenvalue weighted by atomic mass is 10.0. The van der Waals surface area contributed by atoms with Crippen LogP contribution in [0.15, 0.2) is 55.5 Å². The largest absolute Gasteiger partial charge is 0.457 e. The van der Waals surface area contributed by atoms with Gasteiger partial charge in [0, 0.05) is 17.0 Å². The number of aromatic nitrogens is 2. The van der Waals surface area contributed by atoms with Crippen molar-refractivity contribution in [1.82, 2.24) is 10.1 Å². The quantitative estimate of drug-likeness (QED) is 0.269. The molecule has 0 unspecified atom stereocenters. The van der Waals surface area contributed by atoms with E-state index in [0.29, 0.717) is 33.5 Å². The maximum absolute atomic E-state index is 13.2. The molecule has 1 aliphatic carbocycles. The molecule has 164 valence electrons. The molecule has 0 atom stereocenters. The van der Waals surface area contributed by atoms with Gasteiger partial charge >= 0.3 is 11.6 Å². The fraction of sp³-hybridized carbons (Fsp3) is 0.200. The van der Waals surface area contributed by atoms with Gasteiger partial charge in [-0.3, -0.25) is 0 Å². The monoisotopic (exact) mass is 458 g/mol. The van der Waals surface area contributed by atoms with Crippen molar-refractivity contribution in [2.24, 2.45) is 0 Å². The average Bonchev–Trinajstić information content (AvgIpc) is 3.56. The van der Waals surface area contributed by atoms with Crippen molar-refractivity contribution in [1.29, 1.82) is 0 Å². The smallest absolute Gasteiger partial charge is 0.339 e. The van der Waals surface area contributed by atoms with E-state index in [4.69, 9.17) is 13.7 Å². The topological polar surface area (TPSA) is 95.4 Å². The molecule has 0 radical (unpaired) electrons. The van der Waals surface area contributed by atoms with Crippen LogP contribution in [0.3, 0.4) is 0 Å². The van der Waals surface area contributed by atoms with Crippen molar-refractivity contribution in [2.75, 3.05) is 0 Å². The van der Waals surface area contributed by atoms with Crippen LogP contribution in [0.2, 0.25) is 0 Å². The zero-order valence-electron chi connectivity index (χ0n) is 17.7. The summed E-state index contributed by atoms with van der Waals surface area (Å²) in [6, 6.07) is 10.9. The lowest BCUT2D eigenvalue weighted by molar-refractivity contribution is 0.0476. The maximum atomic E-state index is 13.2. The normalized spacial score (nSPS) is 13.0. The molecule has 4 heterocycles. The van der Waals surface area contributed by atoms with E-state index in [1.54, 1.807) is 13.0 Å². The molecule has 0 bridgehead atoms. The molecule has 0 aliphatic heterocycles. The van der Waals surface area contributed by atoms with Crippen LogP contribution >= 0.6 is 11.3 Å². The number of fused-ring (bicyclic) bond motifs is 3. The minimum atomic E-state index is -0.533. The summed E-state index contributed by atoms with van der Waals surface area (Å²) in [7, 11) is 0. The van der Waals surface area contributed by atoms with Crippen molar-refractivity contribution in [3.05, 3.63) is 80.1 Å². The van der Waals surface area contributed by atoms with E-state index in [2.05, 4.69) is 10.1 Å². The second-order valence-corrected chi connectivity index (χ2v) is 9.07. The van der Waals surface area contributed by atoms with Crippen molar-refractivity contribution in [3.63, 3.8) is 0 Å². The van der Waals surface area contributed by atoms with Crippen LogP contribution in [-0.4, -0.2) is 16.1 Å². The molecule has 7 nitrogen and oxygen atoms in total. The van der Waals surface area contributed by atoms with E-state index in [-0.39, 0.29) is 12.3 Å². The summed E-state index contributed by atoms with van der Waals surface area (Å²) >= 11 is 1.51. The number of benzene rings is 1. The van der Waals surface area contributed by atoms with Crippen molar-refractivity contribution in [3.8, 4) is 10.6 Å². The number of hydrogen-bond donors (Lipinski definition) is 0. The number of rotatable bonds is 4. The van der Waals surface area contributed by atoms with Crippen LogP contribution in [0.4, 0.5) is 0 Å². The van der Waals surface area contributed by atoms with E-state index >= 15 is 0 Å². The van der Waals surface area contributed by atoms with Crippen LogP contribution in [0.5, 0.6) is 0 Å². The average molecular weight is 458 g/mol. The molecule has 5 aromatic rings. The van der Waals surface area contributed by atoms with Crippen LogP contribution in [-0.2, 0) is 24.2 Å². The Morgan fingerprint density at radius 3 is 2.85 bits per heavy atom. The lowest BCUT2D eigenvalue weighted by Crippen LogP contribution is -2.09. The third kappa shape index (κ3) is 3.43. The number of ether oxygens (including phenoxy) is 1. The molecule has 1 aliphatic rings. The van der Waals surface area contributed by atoms with Gasteiger partial charge < -0.3 is 13.7 Å². The number of nitrogens with zero attached hydrogens (tertiary/aromatic N) is 2. The first-order valence-corrected chi connectivity index (χ1v) is 11.5. The van der Waals surface area contributed by atoms with Crippen LogP contribution in [0.25, 0.3) is 32.6 Å². The number of pyridine rings is 1. The first kappa shape index (κ1) is 19.9. The highest BCUT2D eigenvalue weighted by Crippen LogP contribution is 2.31. The van der Waals surface area contributed by atoms with Gasteiger partial charge in [-0.05, 0) is 67.0 Å². The third-order valence-electron chi connectivity index (χ3n) is 6.01. The molecule has 4 aromatic heterocycles. The molecule has 33 heavy (non-hydrogen) atoms. The van der Waals surface area contributed by atoms with Crippen molar-refractivity contribution >= 4 is 39.4 Å². The molecule has 0 N–H and O–H groups in total. The Morgan fingerprint density at radius 1 is 1.18 bits per heavy atom. The number of aryl methyl sites for hydroxylation is 3. The van der Waals surface area contributed by atoms with Gasteiger partial charge in [-0.2, -0.15) is 0 Å². The minimum Gasteiger partial charge on any atom is -0.457 e. The summed E-state index contributed by atoms with van der Waals surface area (Å²) in [6.07, 6.45) is 3.07. The molecular formula is C25H18N2O5S. The van der Waals surface area contributed by atoms with Crippen molar-refractivity contribution < 1.29 is 18.5 Å². The predicted octanol–water partition coefficient (Wildman–Crippen LogP) is 5.21. The van der Waals surface area contributed by atoms with Crippen LogP contribution < -0.4 is 5.63 Å². The second kappa shape index (κ2) is 7.67. The molecule has 0 amide bonds. The summed E-state index contributed by atoms with van der Waals surface area (Å²) in [4.78, 5) is 30.7. The van der Waals surface area contributed by atoms with E-state index in [1.807, 2.05) is 29.6 Å². The lowest BCUT2D eigenvalue weighted by Gasteiger charge is -2.10. The van der Waals surface area contributed by atoms with Crippen LogP contribution in [0.1, 0.15) is 39.2 Å². The first-order valence-electron chi connectivity index (χ1n) is 10.6. The maximum Gasteiger partial charge on any atom is 0.339 e.